The highest BCUT2D eigenvalue weighted by Crippen LogP contribution is 2.31. The van der Waals surface area contributed by atoms with Crippen LogP contribution < -0.4 is 5.48 Å². The summed E-state index contributed by atoms with van der Waals surface area (Å²) in [5, 5.41) is 9.85. The molecule has 2 N–H and O–H groups in total. The third-order valence-corrected chi connectivity index (χ3v) is 4.99. The Hall–Kier alpha value is -3.12. The smallest absolute Gasteiger partial charge is 0.274 e. The minimum absolute atomic E-state index is 0.139. The molecule has 3 aromatic rings. The molecule has 0 atom stereocenters. The second-order valence-corrected chi connectivity index (χ2v) is 6.59. The number of benzene rings is 2. The van der Waals surface area contributed by atoms with Crippen LogP contribution in [0, 0.1) is 0 Å². The van der Waals surface area contributed by atoms with E-state index in [1.54, 1.807) is 22.5 Å². The van der Waals surface area contributed by atoms with E-state index in [-0.39, 0.29) is 5.91 Å². The van der Waals surface area contributed by atoms with Crippen molar-refractivity contribution in [2.45, 2.75) is 19.5 Å². The molecule has 0 aliphatic carbocycles. The van der Waals surface area contributed by atoms with Crippen molar-refractivity contribution in [2.24, 2.45) is 0 Å². The molecule has 0 radical (unpaired) electrons. The molecular formula is C20H19N3O3. The molecule has 26 heavy (non-hydrogen) atoms. The maximum absolute atomic E-state index is 12.2. The van der Waals surface area contributed by atoms with Crippen LogP contribution in [0.1, 0.15) is 27.2 Å². The van der Waals surface area contributed by atoms with E-state index in [4.69, 9.17) is 5.21 Å². The molecule has 0 spiro atoms. The van der Waals surface area contributed by atoms with Crippen molar-refractivity contribution in [3.63, 3.8) is 0 Å². The fraction of sp³-hybridized carbons (Fsp3) is 0.200. The molecule has 0 unspecified atom stereocenters. The lowest BCUT2D eigenvalue weighted by atomic mass is 10.0. The predicted molar refractivity (Wildman–Crippen MR) is 96.9 cm³/mol. The van der Waals surface area contributed by atoms with E-state index < -0.39 is 5.91 Å². The van der Waals surface area contributed by atoms with Crippen LogP contribution >= 0.6 is 0 Å². The minimum Gasteiger partial charge on any atom is -0.340 e. The molecule has 0 fully saturated rings. The molecule has 132 valence electrons. The molecule has 4 rings (SSSR count). The van der Waals surface area contributed by atoms with Crippen LogP contribution in [0.25, 0.3) is 10.9 Å². The normalized spacial score (nSPS) is 13.8. The van der Waals surface area contributed by atoms with Gasteiger partial charge in [0.15, 0.2) is 0 Å². The van der Waals surface area contributed by atoms with Crippen LogP contribution in [0.4, 0.5) is 0 Å². The van der Waals surface area contributed by atoms with Crippen molar-refractivity contribution in [2.75, 3.05) is 7.05 Å². The third-order valence-electron chi connectivity index (χ3n) is 4.99. The Kier molecular flexibility index (Phi) is 3.97. The zero-order valence-corrected chi connectivity index (χ0v) is 14.4. The first-order valence-electron chi connectivity index (χ1n) is 8.45. The molecule has 6 heteroatoms. The van der Waals surface area contributed by atoms with Crippen molar-refractivity contribution in [1.29, 1.82) is 0 Å². The lowest BCUT2D eigenvalue weighted by molar-refractivity contribution is -0.130. The summed E-state index contributed by atoms with van der Waals surface area (Å²) in [5.41, 5.74) is 6.46. The second kappa shape index (κ2) is 6.31. The summed E-state index contributed by atoms with van der Waals surface area (Å²) in [5.74, 6) is -0.389. The molecular weight excluding hydrogens is 330 g/mol. The van der Waals surface area contributed by atoms with Crippen LogP contribution in [-0.2, 0) is 24.3 Å². The highest BCUT2D eigenvalue weighted by atomic mass is 16.5. The van der Waals surface area contributed by atoms with Crippen molar-refractivity contribution in [3.8, 4) is 0 Å². The first kappa shape index (κ1) is 16.4. The van der Waals surface area contributed by atoms with Gasteiger partial charge in [0.05, 0.1) is 13.0 Å². The Bertz CT molecular complexity index is 1010. The predicted octanol–water partition coefficient (Wildman–Crippen LogP) is 2.32. The van der Waals surface area contributed by atoms with E-state index in [9.17, 15) is 9.59 Å². The maximum Gasteiger partial charge on any atom is 0.274 e. The lowest BCUT2D eigenvalue weighted by Crippen LogP contribution is -2.33. The van der Waals surface area contributed by atoms with E-state index in [0.717, 1.165) is 27.7 Å². The van der Waals surface area contributed by atoms with Crippen molar-refractivity contribution in [3.05, 3.63) is 70.9 Å². The Morgan fingerprint density at radius 1 is 1.15 bits per heavy atom. The Balaban J connectivity index is 1.76. The van der Waals surface area contributed by atoms with Gasteiger partial charge in [-0.25, -0.2) is 5.48 Å². The van der Waals surface area contributed by atoms with Gasteiger partial charge in [0, 0.05) is 35.8 Å². The zero-order chi connectivity index (χ0) is 18.3. The molecule has 0 saturated carbocycles. The Morgan fingerprint density at radius 3 is 2.62 bits per heavy atom. The van der Waals surface area contributed by atoms with Gasteiger partial charge in [0.2, 0.25) is 5.91 Å². The fourth-order valence-electron chi connectivity index (χ4n) is 3.59. The highest BCUT2D eigenvalue weighted by Gasteiger charge is 2.26. The number of aromatic nitrogens is 1. The van der Waals surface area contributed by atoms with E-state index in [2.05, 4.69) is 16.7 Å². The summed E-state index contributed by atoms with van der Waals surface area (Å²) in [6.45, 7) is 1.24. The maximum atomic E-state index is 12.2. The van der Waals surface area contributed by atoms with Gasteiger partial charge in [-0.3, -0.25) is 14.8 Å². The summed E-state index contributed by atoms with van der Waals surface area (Å²) in [6, 6.07) is 15.3. The molecule has 0 saturated heterocycles. The molecule has 0 bridgehead atoms. The average molecular weight is 349 g/mol. The van der Waals surface area contributed by atoms with Crippen molar-refractivity contribution in [1.82, 2.24) is 14.9 Å². The third kappa shape index (κ3) is 2.64. The number of hydrogen-bond acceptors (Lipinski definition) is 3. The minimum atomic E-state index is -0.527. The van der Waals surface area contributed by atoms with Gasteiger partial charge in [0.1, 0.15) is 0 Å². The van der Waals surface area contributed by atoms with Gasteiger partial charge >= 0.3 is 0 Å². The molecule has 1 aromatic heterocycles. The molecule has 1 aliphatic heterocycles. The number of hydroxylamine groups is 1. The number of nitrogens with one attached hydrogen (secondary N) is 1. The van der Waals surface area contributed by atoms with Gasteiger partial charge in [-0.05, 0) is 29.3 Å². The Morgan fingerprint density at radius 2 is 1.88 bits per heavy atom. The molecule has 1 aliphatic rings. The first-order chi connectivity index (χ1) is 12.6. The number of para-hydroxylation sites is 1. The van der Waals surface area contributed by atoms with Crippen LogP contribution in [0.5, 0.6) is 0 Å². The molecule has 2 heterocycles. The number of carbonyl (C=O) groups excluding carboxylic acids is 2. The summed E-state index contributed by atoms with van der Waals surface area (Å²) in [6.07, 6.45) is 0.426. The summed E-state index contributed by atoms with van der Waals surface area (Å²) < 4.78 is 2.24. The summed E-state index contributed by atoms with van der Waals surface area (Å²) in [4.78, 5) is 25.4. The SMILES string of the molecule is CN1Cc2c(c3ccccc3n2Cc2ccc(C(=O)NO)cc2)CC1=O. The van der Waals surface area contributed by atoms with Crippen LogP contribution in [0.3, 0.4) is 0 Å². The van der Waals surface area contributed by atoms with E-state index >= 15 is 0 Å². The average Bonchev–Trinajstić information content (AvgIpc) is 2.95. The first-order valence-corrected chi connectivity index (χ1v) is 8.45. The number of amides is 2. The van der Waals surface area contributed by atoms with Gasteiger partial charge < -0.3 is 9.47 Å². The molecule has 2 aromatic carbocycles. The molecule has 2 amide bonds. The number of nitrogens with zero attached hydrogens (tertiary/aromatic N) is 2. The number of rotatable bonds is 3. The Labute approximate surface area is 150 Å². The fourth-order valence-corrected chi connectivity index (χ4v) is 3.59. The van der Waals surface area contributed by atoms with Crippen LogP contribution in [0.2, 0.25) is 0 Å². The summed E-state index contributed by atoms with van der Waals surface area (Å²) >= 11 is 0. The topological polar surface area (TPSA) is 74.6 Å². The lowest BCUT2D eigenvalue weighted by Gasteiger charge is -2.25. The summed E-state index contributed by atoms with van der Waals surface area (Å²) in [7, 11) is 1.83. The van der Waals surface area contributed by atoms with Gasteiger partial charge in [-0.15, -0.1) is 0 Å². The van der Waals surface area contributed by atoms with Crippen molar-refractivity contribution >= 4 is 22.7 Å². The van der Waals surface area contributed by atoms with Gasteiger partial charge in [-0.2, -0.15) is 0 Å². The zero-order valence-electron chi connectivity index (χ0n) is 14.4. The second-order valence-electron chi connectivity index (χ2n) is 6.59. The quantitative estimate of drug-likeness (QED) is 0.563. The van der Waals surface area contributed by atoms with E-state index in [1.165, 1.54) is 0 Å². The number of likely N-dealkylation sites (N-methyl/N-ethyl adjacent to an activating group) is 1. The van der Waals surface area contributed by atoms with Gasteiger partial charge in [0.25, 0.3) is 5.91 Å². The largest absolute Gasteiger partial charge is 0.340 e. The van der Waals surface area contributed by atoms with Gasteiger partial charge in [-0.1, -0.05) is 30.3 Å². The monoisotopic (exact) mass is 349 g/mol. The van der Waals surface area contributed by atoms with E-state index in [1.807, 2.05) is 31.3 Å². The van der Waals surface area contributed by atoms with Crippen LogP contribution in [-0.4, -0.2) is 33.5 Å². The standard InChI is InChI=1S/C20H19N3O3/c1-22-12-18-16(10-19(22)24)15-4-2-3-5-17(15)23(18)11-13-6-8-14(9-7-13)20(25)21-26/h2-9,26H,10-12H2,1H3,(H,21,25). The highest BCUT2D eigenvalue weighted by molar-refractivity contribution is 5.93. The van der Waals surface area contributed by atoms with Crippen LogP contribution in [0.15, 0.2) is 48.5 Å². The van der Waals surface area contributed by atoms with E-state index in [0.29, 0.717) is 25.1 Å². The molecule has 6 nitrogen and oxygen atoms in total. The number of fused-ring (bicyclic) bond motifs is 3. The number of carbonyl (C=O) groups is 2. The number of hydrogen-bond donors (Lipinski definition) is 2. The van der Waals surface area contributed by atoms with Crippen molar-refractivity contribution < 1.29 is 14.8 Å².